The summed E-state index contributed by atoms with van der Waals surface area (Å²) in [4.78, 5) is 16.4. The third kappa shape index (κ3) is 3.75. The summed E-state index contributed by atoms with van der Waals surface area (Å²) in [7, 11) is 0. The number of rotatable bonds is 4. The molecular weight excluding hydrogens is 349 g/mol. The maximum atomic E-state index is 12.1. The van der Waals surface area contributed by atoms with Crippen molar-refractivity contribution in [3.63, 3.8) is 0 Å². The normalized spacial score (nSPS) is 10.6. The number of carbonyl (C=O) groups is 1. The number of carbonyl (C=O) groups excluding carboxylic acids is 1. The molecule has 0 fully saturated rings. The van der Waals surface area contributed by atoms with Gasteiger partial charge in [0.15, 0.2) is 5.82 Å². The molecule has 1 amide bonds. The van der Waals surface area contributed by atoms with E-state index in [0.717, 1.165) is 11.1 Å². The summed E-state index contributed by atoms with van der Waals surface area (Å²) in [5, 5.41) is 7.84. The summed E-state index contributed by atoms with van der Waals surface area (Å²) < 4.78 is 5.18. The number of hydrogen-bond donors (Lipinski definition) is 1. The molecule has 0 saturated heterocycles. The second-order valence-corrected chi connectivity index (χ2v) is 6.00. The predicted molar refractivity (Wildman–Crippen MR) is 93.3 cm³/mol. The lowest BCUT2D eigenvalue weighted by molar-refractivity contribution is -0.115. The van der Waals surface area contributed by atoms with Gasteiger partial charge in [0.1, 0.15) is 0 Å². The van der Waals surface area contributed by atoms with E-state index in [0.29, 0.717) is 27.4 Å². The minimum absolute atomic E-state index is 0.00302. The number of aromatic nitrogens is 2. The molecule has 3 rings (SSSR count). The number of anilines is 1. The Balaban J connectivity index is 1.69. The standard InChI is InChI=1S/C17H13Cl2N3O2/c1-10-13(19)3-2-4-14(10)20-16(23)9-15-21-17(24-22-15)11-5-7-12(18)8-6-11/h2-8H,9H2,1H3,(H,20,23). The average Bonchev–Trinajstić information content (AvgIpc) is 3.01. The highest BCUT2D eigenvalue weighted by Gasteiger charge is 2.13. The summed E-state index contributed by atoms with van der Waals surface area (Å²) in [6.45, 7) is 1.84. The van der Waals surface area contributed by atoms with E-state index in [1.54, 1.807) is 42.5 Å². The molecule has 122 valence electrons. The molecule has 7 heteroatoms. The fourth-order valence-corrected chi connectivity index (χ4v) is 2.42. The molecule has 24 heavy (non-hydrogen) atoms. The largest absolute Gasteiger partial charge is 0.334 e. The zero-order valence-corrected chi connectivity index (χ0v) is 14.2. The van der Waals surface area contributed by atoms with Crippen LogP contribution >= 0.6 is 23.2 Å². The lowest BCUT2D eigenvalue weighted by Crippen LogP contribution is -2.16. The molecule has 5 nitrogen and oxygen atoms in total. The van der Waals surface area contributed by atoms with Gasteiger partial charge in [-0.3, -0.25) is 4.79 Å². The van der Waals surface area contributed by atoms with Crippen molar-refractivity contribution in [2.45, 2.75) is 13.3 Å². The Morgan fingerprint density at radius 3 is 2.67 bits per heavy atom. The molecule has 0 radical (unpaired) electrons. The number of benzene rings is 2. The Kier molecular flexibility index (Phi) is 4.83. The van der Waals surface area contributed by atoms with Gasteiger partial charge in [0.05, 0.1) is 6.42 Å². The van der Waals surface area contributed by atoms with Crippen LogP contribution < -0.4 is 5.32 Å². The summed E-state index contributed by atoms with van der Waals surface area (Å²) >= 11 is 11.9. The first-order valence-corrected chi connectivity index (χ1v) is 7.92. The quantitative estimate of drug-likeness (QED) is 0.740. The highest BCUT2D eigenvalue weighted by atomic mass is 35.5. The van der Waals surface area contributed by atoms with E-state index in [9.17, 15) is 4.79 Å². The van der Waals surface area contributed by atoms with Gasteiger partial charge in [0, 0.05) is 21.3 Å². The Bertz CT molecular complexity index is 876. The Morgan fingerprint density at radius 1 is 1.17 bits per heavy atom. The maximum absolute atomic E-state index is 12.1. The second kappa shape index (κ2) is 7.03. The van der Waals surface area contributed by atoms with Crippen LogP contribution in [0.1, 0.15) is 11.4 Å². The fraction of sp³-hybridized carbons (Fsp3) is 0.118. The van der Waals surface area contributed by atoms with Crippen molar-refractivity contribution in [2.75, 3.05) is 5.32 Å². The predicted octanol–water partition coefficient (Wildman–Crippen LogP) is 4.53. The highest BCUT2D eigenvalue weighted by molar-refractivity contribution is 6.31. The van der Waals surface area contributed by atoms with Crippen molar-refractivity contribution >= 4 is 34.8 Å². The van der Waals surface area contributed by atoms with Crippen molar-refractivity contribution in [1.82, 2.24) is 10.1 Å². The first kappa shape index (κ1) is 16.5. The van der Waals surface area contributed by atoms with Crippen molar-refractivity contribution in [2.24, 2.45) is 0 Å². The van der Waals surface area contributed by atoms with Gasteiger partial charge in [-0.05, 0) is 48.9 Å². The summed E-state index contributed by atoms with van der Waals surface area (Å²) in [5.74, 6) is 0.398. The van der Waals surface area contributed by atoms with Crippen LogP contribution in [-0.4, -0.2) is 16.0 Å². The molecule has 0 spiro atoms. The topological polar surface area (TPSA) is 68.0 Å². The van der Waals surface area contributed by atoms with Crippen LogP contribution in [0.15, 0.2) is 47.0 Å². The number of nitrogens with zero attached hydrogens (tertiary/aromatic N) is 2. The van der Waals surface area contributed by atoms with E-state index in [1.165, 1.54) is 0 Å². The summed E-state index contributed by atoms with van der Waals surface area (Å²) in [5.41, 5.74) is 2.21. The third-order valence-electron chi connectivity index (χ3n) is 3.42. The van der Waals surface area contributed by atoms with Crippen LogP contribution in [0.25, 0.3) is 11.5 Å². The molecule has 1 aromatic heterocycles. The van der Waals surface area contributed by atoms with E-state index in [-0.39, 0.29) is 12.3 Å². The van der Waals surface area contributed by atoms with Crippen molar-refractivity contribution in [1.29, 1.82) is 0 Å². The molecule has 0 atom stereocenters. The molecule has 0 aliphatic heterocycles. The lowest BCUT2D eigenvalue weighted by Gasteiger charge is -2.08. The van der Waals surface area contributed by atoms with Crippen molar-refractivity contribution in [3.8, 4) is 11.5 Å². The van der Waals surface area contributed by atoms with Gasteiger partial charge in [0.2, 0.25) is 5.91 Å². The number of amides is 1. The van der Waals surface area contributed by atoms with Crippen LogP contribution in [0.4, 0.5) is 5.69 Å². The zero-order valence-electron chi connectivity index (χ0n) is 12.7. The van der Waals surface area contributed by atoms with Gasteiger partial charge in [0.25, 0.3) is 5.89 Å². The Hall–Kier alpha value is -2.37. The van der Waals surface area contributed by atoms with Gasteiger partial charge in [-0.2, -0.15) is 4.98 Å². The van der Waals surface area contributed by atoms with E-state index < -0.39 is 0 Å². The minimum atomic E-state index is -0.246. The summed E-state index contributed by atoms with van der Waals surface area (Å²) in [6.07, 6.45) is 0.00302. The Morgan fingerprint density at radius 2 is 1.92 bits per heavy atom. The maximum Gasteiger partial charge on any atom is 0.257 e. The number of halogens is 2. The fourth-order valence-electron chi connectivity index (χ4n) is 2.12. The van der Waals surface area contributed by atoms with Crippen molar-refractivity contribution < 1.29 is 9.32 Å². The highest BCUT2D eigenvalue weighted by Crippen LogP contribution is 2.23. The Labute approximate surface area is 148 Å². The van der Waals surface area contributed by atoms with Gasteiger partial charge >= 0.3 is 0 Å². The SMILES string of the molecule is Cc1c(Cl)cccc1NC(=O)Cc1noc(-c2ccc(Cl)cc2)n1. The molecule has 2 aromatic carbocycles. The molecule has 0 aliphatic carbocycles. The van der Waals surface area contributed by atoms with Crippen LogP contribution in [0.2, 0.25) is 10.0 Å². The van der Waals surface area contributed by atoms with Crippen LogP contribution in [0.3, 0.4) is 0 Å². The van der Waals surface area contributed by atoms with E-state index in [1.807, 2.05) is 6.92 Å². The van der Waals surface area contributed by atoms with Gasteiger partial charge in [-0.1, -0.05) is 34.4 Å². The van der Waals surface area contributed by atoms with Crippen molar-refractivity contribution in [3.05, 3.63) is 63.9 Å². The molecule has 3 aromatic rings. The molecule has 1 heterocycles. The van der Waals surface area contributed by atoms with E-state index in [2.05, 4.69) is 15.5 Å². The first-order chi connectivity index (χ1) is 11.5. The first-order valence-electron chi connectivity index (χ1n) is 7.16. The van der Waals surface area contributed by atoms with E-state index >= 15 is 0 Å². The smallest absolute Gasteiger partial charge is 0.257 e. The van der Waals surface area contributed by atoms with E-state index in [4.69, 9.17) is 27.7 Å². The zero-order chi connectivity index (χ0) is 17.1. The average molecular weight is 362 g/mol. The summed E-state index contributed by atoms with van der Waals surface area (Å²) in [6, 6.07) is 12.3. The number of hydrogen-bond acceptors (Lipinski definition) is 4. The van der Waals surface area contributed by atoms with Gasteiger partial charge < -0.3 is 9.84 Å². The molecule has 0 unspecified atom stereocenters. The molecule has 0 saturated carbocycles. The van der Waals surface area contributed by atoms with Crippen LogP contribution in [0.5, 0.6) is 0 Å². The van der Waals surface area contributed by atoms with Crippen LogP contribution in [-0.2, 0) is 11.2 Å². The molecule has 1 N–H and O–H groups in total. The minimum Gasteiger partial charge on any atom is -0.334 e. The monoisotopic (exact) mass is 361 g/mol. The number of nitrogens with one attached hydrogen (secondary N) is 1. The molecule has 0 aliphatic rings. The van der Waals surface area contributed by atoms with Gasteiger partial charge in [-0.25, -0.2) is 0 Å². The third-order valence-corrected chi connectivity index (χ3v) is 4.08. The lowest BCUT2D eigenvalue weighted by atomic mass is 10.2. The second-order valence-electron chi connectivity index (χ2n) is 5.16. The molecular formula is C17H13Cl2N3O2. The van der Waals surface area contributed by atoms with Crippen LogP contribution in [0, 0.1) is 6.92 Å². The molecule has 0 bridgehead atoms. The van der Waals surface area contributed by atoms with Gasteiger partial charge in [-0.15, -0.1) is 0 Å².